The molecule has 1 aromatic heterocycles. The van der Waals surface area contributed by atoms with Gasteiger partial charge in [0.15, 0.2) is 17.3 Å². The highest BCUT2D eigenvalue weighted by atomic mass is 16.5. The predicted molar refractivity (Wildman–Crippen MR) is 123 cm³/mol. The summed E-state index contributed by atoms with van der Waals surface area (Å²) in [6.07, 6.45) is 13.3. The van der Waals surface area contributed by atoms with Crippen LogP contribution in [-0.2, 0) is 17.8 Å². The van der Waals surface area contributed by atoms with Crippen LogP contribution in [0.15, 0.2) is 54.6 Å². The van der Waals surface area contributed by atoms with Crippen molar-refractivity contribution in [2.75, 3.05) is 7.11 Å². The SMILES string of the molecule is CCn1c2c(c3cc(/C=C/C(=O)/C=C/c4ccc(O)c(OC)c4)ccc31)CCC=C2. The van der Waals surface area contributed by atoms with Gasteiger partial charge >= 0.3 is 0 Å². The molecule has 0 unspecified atom stereocenters. The molecule has 0 saturated carbocycles. The van der Waals surface area contributed by atoms with Gasteiger partial charge in [0.2, 0.25) is 0 Å². The number of benzene rings is 2. The van der Waals surface area contributed by atoms with Gasteiger partial charge in [-0.15, -0.1) is 0 Å². The van der Waals surface area contributed by atoms with Gasteiger partial charge in [-0.2, -0.15) is 0 Å². The van der Waals surface area contributed by atoms with Crippen LogP contribution in [0.25, 0.3) is 29.1 Å². The minimum atomic E-state index is -0.0989. The Morgan fingerprint density at radius 1 is 1.13 bits per heavy atom. The summed E-state index contributed by atoms with van der Waals surface area (Å²) >= 11 is 0. The van der Waals surface area contributed by atoms with Gasteiger partial charge in [-0.3, -0.25) is 4.79 Å². The highest BCUT2D eigenvalue weighted by molar-refractivity contribution is 6.04. The topological polar surface area (TPSA) is 51.5 Å². The number of carbonyl (C=O) groups excluding carboxylic acids is 1. The Kier molecular flexibility index (Phi) is 5.57. The summed E-state index contributed by atoms with van der Waals surface area (Å²) in [6.45, 7) is 3.11. The number of aryl methyl sites for hydroxylation is 2. The Bertz CT molecular complexity index is 1190. The number of carbonyl (C=O) groups is 1. The maximum Gasteiger partial charge on any atom is 0.178 e. The van der Waals surface area contributed by atoms with Crippen LogP contribution in [0.4, 0.5) is 0 Å². The summed E-state index contributed by atoms with van der Waals surface area (Å²) in [5, 5.41) is 10.9. The molecule has 1 heterocycles. The molecule has 4 nitrogen and oxygen atoms in total. The lowest BCUT2D eigenvalue weighted by atomic mass is 9.99. The molecular formula is C26H25NO3. The van der Waals surface area contributed by atoms with Crippen molar-refractivity contribution in [3.63, 3.8) is 0 Å². The monoisotopic (exact) mass is 399 g/mol. The second-order valence-corrected chi connectivity index (χ2v) is 7.33. The van der Waals surface area contributed by atoms with Crippen molar-refractivity contribution < 1.29 is 14.6 Å². The Labute approximate surface area is 176 Å². The molecule has 0 bridgehead atoms. The smallest absolute Gasteiger partial charge is 0.178 e. The lowest BCUT2D eigenvalue weighted by Crippen LogP contribution is -1.99. The van der Waals surface area contributed by atoms with Gasteiger partial charge in [-0.25, -0.2) is 0 Å². The van der Waals surface area contributed by atoms with Crippen LogP contribution >= 0.6 is 0 Å². The van der Waals surface area contributed by atoms with E-state index in [0.717, 1.165) is 30.5 Å². The average Bonchev–Trinajstić information content (AvgIpc) is 3.10. The number of fused-ring (bicyclic) bond motifs is 3. The first-order valence-corrected chi connectivity index (χ1v) is 10.2. The van der Waals surface area contributed by atoms with Crippen LogP contribution in [0.1, 0.15) is 35.7 Å². The van der Waals surface area contributed by atoms with E-state index in [9.17, 15) is 9.90 Å². The Hall–Kier alpha value is -3.53. The number of phenolic OH excluding ortho intramolecular Hbond substituents is 1. The number of hydrogen-bond donors (Lipinski definition) is 1. The molecular weight excluding hydrogens is 374 g/mol. The number of ether oxygens (including phenoxy) is 1. The number of rotatable bonds is 6. The van der Waals surface area contributed by atoms with E-state index in [2.05, 4.69) is 41.8 Å². The maximum absolute atomic E-state index is 12.3. The summed E-state index contributed by atoms with van der Waals surface area (Å²) in [7, 11) is 1.50. The molecule has 1 aliphatic rings. The Morgan fingerprint density at radius 2 is 1.87 bits per heavy atom. The van der Waals surface area contributed by atoms with Crippen LogP contribution in [0.2, 0.25) is 0 Å². The fourth-order valence-electron chi connectivity index (χ4n) is 3.99. The number of methoxy groups -OCH3 is 1. The second-order valence-electron chi connectivity index (χ2n) is 7.33. The van der Waals surface area contributed by atoms with Gasteiger partial charge in [-0.05, 0) is 78.9 Å². The average molecular weight is 399 g/mol. The van der Waals surface area contributed by atoms with Crippen molar-refractivity contribution in [3.05, 3.63) is 77.0 Å². The van der Waals surface area contributed by atoms with Crippen LogP contribution in [0.3, 0.4) is 0 Å². The second kappa shape index (κ2) is 8.46. The lowest BCUT2D eigenvalue weighted by molar-refractivity contribution is -0.110. The summed E-state index contributed by atoms with van der Waals surface area (Å²) in [4.78, 5) is 12.3. The third-order valence-electron chi connectivity index (χ3n) is 5.47. The van der Waals surface area contributed by atoms with E-state index < -0.39 is 0 Å². The van der Waals surface area contributed by atoms with Crippen LogP contribution < -0.4 is 4.74 Å². The number of nitrogens with zero attached hydrogens (tertiary/aromatic N) is 1. The van der Waals surface area contributed by atoms with Crippen LogP contribution in [0.5, 0.6) is 11.5 Å². The van der Waals surface area contributed by atoms with Crippen molar-refractivity contribution in [2.24, 2.45) is 0 Å². The zero-order valence-electron chi connectivity index (χ0n) is 17.3. The van der Waals surface area contributed by atoms with E-state index in [1.54, 1.807) is 30.4 Å². The van der Waals surface area contributed by atoms with Crippen LogP contribution in [0, 0.1) is 0 Å². The van der Waals surface area contributed by atoms with E-state index in [1.807, 2.05) is 6.08 Å². The summed E-state index contributed by atoms with van der Waals surface area (Å²) in [5.74, 6) is 0.356. The normalized spacial score (nSPS) is 13.4. The molecule has 0 spiro atoms. The van der Waals surface area contributed by atoms with Crippen molar-refractivity contribution in [1.29, 1.82) is 0 Å². The van der Waals surface area contributed by atoms with Gasteiger partial charge in [0, 0.05) is 23.1 Å². The van der Waals surface area contributed by atoms with Gasteiger partial charge < -0.3 is 14.4 Å². The van der Waals surface area contributed by atoms with Gasteiger partial charge in [-0.1, -0.05) is 30.4 Å². The highest BCUT2D eigenvalue weighted by Crippen LogP contribution is 2.32. The van der Waals surface area contributed by atoms with Crippen molar-refractivity contribution in [2.45, 2.75) is 26.3 Å². The fourth-order valence-corrected chi connectivity index (χ4v) is 3.99. The molecule has 0 fully saturated rings. The number of allylic oxidation sites excluding steroid dienone is 3. The molecule has 30 heavy (non-hydrogen) atoms. The molecule has 152 valence electrons. The molecule has 1 N–H and O–H groups in total. The molecule has 0 atom stereocenters. The molecule has 0 saturated heterocycles. The first-order valence-electron chi connectivity index (χ1n) is 10.2. The Balaban J connectivity index is 1.55. The molecule has 0 radical (unpaired) electrons. The minimum Gasteiger partial charge on any atom is -0.504 e. The number of phenols is 1. The van der Waals surface area contributed by atoms with E-state index >= 15 is 0 Å². The first kappa shape index (κ1) is 19.8. The van der Waals surface area contributed by atoms with E-state index in [4.69, 9.17) is 4.74 Å². The molecule has 0 aliphatic heterocycles. The zero-order chi connectivity index (χ0) is 21.1. The molecule has 1 aliphatic carbocycles. The van der Waals surface area contributed by atoms with Crippen molar-refractivity contribution in [1.82, 2.24) is 4.57 Å². The highest BCUT2D eigenvalue weighted by Gasteiger charge is 2.16. The standard InChI is InChI=1S/C26H25NO3/c1-3-27-23-7-5-4-6-21(23)22-16-18(10-14-24(22)27)8-12-20(28)13-9-19-11-15-25(29)26(17-19)30-2/h5,7-17,29H,3-4,6H2,1-2H3/b12-8+,13-9+. The largest absolute Gasteiger partial charge is 0.504 e. The quantitative estimate of drug-likeness (QED) is 0.547. The first-order chi connectivity index (χ1) is 14.6. The molecule has 0 amide bonds. The van der Waals surface area contributed by atoms with E-state index in [-0.39, 0.29) is 11.5 Å². The predicted octanol–water partition coefficient (Wildman–Crippen LogP) is 5.63. The zero-order valence-corrected chi connectivity index (χ0v) is 17.3. The molecule has 2 aromatic carbocycles. The van der Waals surface area contributed by atoms with Gasteiger partial charge in [0.1, 0.15) is 0 Å². The number of ketones is 1. The van der Waals surface area contributed by atoms with Crippen LogP contribution in [-0.4, -0.2) is 22.6 Å². The summed E-state index contributed by atoms with van der Waals surface area (Å²) in [6, 6.07) is 11.3. The van der Waals surface area contributed by atoms with E-state index in [1.165, 1.54) is 35.3 Å². The number of hydrogen-bond acceptors (Lipinski definition) is 3. The summed E-state index contributed by atoms with van der Waals surface area (Å²) < 4.78 is 7.45. The Morgan fingerprint density at radius 3 is 2.60 bits per heavy atom. The fraction of sp³-hybridized carbons (Fsp3) is 0.192. The minimum absolute atomic E-state index is 0.0749. The lowest BCUT2D eigenvalue weighted by Gasteiger charge is -2.08. The molecule has 4 rings (SSSR count). The molecule has 3 aromatic rings. The van der Waals surface area contributed by atoms with Crippen molar-refractivity contribution in [3.8, 4) is 11.5 Å². The number of aromatic hydroxyl groups is 1. The third-order valence-corrected chi connectivity index (χ3v) is 5.47. The van der Waals surface area contributed by atoms with Crippen molar-refractivity contribution >= 4 is 34.9 Å². The molecule has 4 heteroatoms. The summed E-state index contributed by atoms with van der Waals surface area (Å²) in [5.41, 5.74) is 5.76. The van der Waals surface area contributed by atoms with Gasteiger partial charge in [0.05, 0.1) is 7.11 Å². The maximum atomic E-state index is 12.3. The van der Waals surface area contributed by atoms with Gasteiger partial charge in [0.25, 0.3) is 0 Å². The van der Waals surface area contributed by atoms with E-state index in [0.29, 0.717) is 5.75 Å². The third kappa shape index (κ3) is 3.81. The number of aromatic nitrogens is 1.